The number of methoxy groups -OCH3 is 1. The maximum Gasteiger partial charge on any atom is 0.311 e. The summed E-state index contributed by atoms with van der Waals surface area (Å²) in [7, 11) is 1.42. The number of ether oxygens (including phenoxy) is 1. The van der Waals surface area contributed by atoms with Crippen molar-refractivity contribution in [3.8, 4) is 0 Å². The Morgan fingerprint density at radius 2 is 2.19 bits per heavy atom. The van der Waals surface area contributed by atoms with Gasteiger partial charge in [0.15, 0.2) is 0 Å². The Kier molecular flexibility index (Phi) is 3.90. The van der Waals surface area contributed by atoms with Crippen molar-refractivity contribution >= 4 is 11.9 Å². The van der Waals surface area contributed by atoms with Crippen molar-refractivity contribution in [2.75, 3.05) is 7.11 Å². The fourth-order valence-corrected chi connectivity index (χ4v) is 3.90. The van der Waals surface area contributed by atoms with Gasteiger partial charge in [-0.15, -0.1) is 0 Å². The highest BCUT2D eigenvalue weighted by atomic mass is 16.5. The molecule has 0 aliphatic heterocycles. The second-order valence-corrected chi connectivity index (χ2v) is 6.01. The summed E-state index contributed by atoms with van der Waals surface area (Å²) in [6.07, 6.45) is 6.87. The molecule has 21 heavy (non-hydrogen) atoms. The minimum Gasteiger partial charge on any atom is -0.469 e. The van der Waals surface area contributed by atoms with E-state index in [-0.39, 0.29) is 23.8 Å². The van der Waals surface area contributed by atoms with Gasteiger partial charge in [0, 0.05) is 18.4 Å². The third-order valence-corrected chi connectivity index (χ3v) is 4.80. The lowest BCUT2D eigenvalue weighted by atomic mass is 9.84. The molecule has 2 saturated carbocycles. The average Bonchev–Trinajstić information content (AvgIpc) is 3.08. The number of aromatic nitrogens is 1. The number of esters is 1. The van der Waals surface area contributed by atoms with Crippen LogP contribution in [0.4, 0.5) is 0 Å². The van der Waals surface area contributed by atoms with E-state index in [4.69, 9.17) is 4.74 Å². The van der Waals surface area contributed by atoms with E-state index in [0.29, 0.717) is 18.3 Å². The molecule has 1 aromatic rings. The molecule has 1 N–H and O–H groups in total. The van der Waals surface area contributed by atoms with E-state index in [9.17, 15) is 9.59 Å². The number of amides is 1. The van der Waals surface area contributed by atoms with Gasteiger partial charge in [-0.2, -0.15) is 0 Å². The van der Waals surface area contributed by atoms with Crippen LogP contribution in [0.1, 0.15) is 24.8 Å². The Bertz CT molecular complexity index is 532. The zero-order chi connectivity index (χ0) is 14.8. The van der Waals surface area contributed by atoms with Gasteiger partial charge in [-0.3, -0.25) is 14.6 Å². The summed E-state index contributed by atoms with van der Waals surface area (Å²) < 4.78 is 4.92. The first-order valence-corrected chi connectivity index (χ1v) is 7.45. The number of fused-ring (bicyclic) bond motifs is 2. The molecule has 2 aliphatic carbocycles. The van der Waals surface area contributed by atoms with E-state index in [2.05, 4.69) is 10.3 Å². The Labute approximate surface area is 124 Å². The third-order valence-electron chi connectivity index (χ3n) is 4.80. The highest BCUT2D eigenvalue weighted by molar-refractivity contribution is 5.81. The van der Waals surface area contributed by atoms with Crippen LogP contribution >= 0.6 is 0 Å². The zero-order valence-electron chi connectivity index (χ0n) is 12.1. The molecule has 2 bridgehead atoms. The predicted octanol–water partition coefficient (Wildman–Crippen LogP) is 1.33. The van der Waals surface area contributed by atoms with Gasteiger partial charge in [-0.25, -0.2) is 0 Å². The van der Waals surface area contributed by atoms with Crippen LogP contribution in [0.5, 0.6) is 0 Å². The number of rotatable bonds is 4. The molecule has 0 unspecified atom stereocenters. The lowest BCUT2D eigenvalue weighted by molar-refractivity contribution is -0.148. The van der Waals surface area contributed by atoms with Gasteiger partial charge in [0.05, 0.1) is 19.4 Å². The normalized spacial score (nSPS) is 30.1. The van der Waals surface area contributed by atoms with Gasteiger partial charge >= 0.3 is 5.97 Å². The fraction of sp³-hybridized carbons (Fsp3) is 0.562. The van der Waals surface area contributed by atoms with E-state index in [0.717, 1.165) is 24.8 Å². The SMILES string of the molecule is COC(=O)[C@@H]1[C@H]2CC[C@@H](C2)[C@@H]1NC(=O)Cc1cccnc1. The van der Waals surface area contributed by atoms with Crippen molar-refractivity contribution in [3.63, 3.8) is 0 Å². The van der Waals surface area contributed by atoms with Gasteiger partial charge in [0.25, 0.3) is 0 Å². The molecule has 5 heteroatoms. The van der Waals surface area contributed by atoms with Crippen LogP contribution in [0.25, 0.3) is 0 Å². The molecule has 0 spiro atoms. The summed E-state index contributed by atoms with van der Waals surface area (Å²) in [5.74, 6) is 0.373. The molecule has 2 aliphatic rings. The summed E-state index contributed by atoms with van der Waals surface area (Å²) in [4.78, 5) is 28.2. The van der Waals surface area contributed by atoms with Crippen LogP contribution in [0, 0.1) is 17.8 Å². The van der Waals surface area contributed by atoms with Crippen LogP contribution in [0.15, 0.2) is 24.5 Å². The number of nitrogens with one attached hydrogen (secondary N) is 1. The molecule has 0 radical (unpaired) electrons. The van der Waals surface area contributed by atoms with Gasteiger partial charge < -0.3 is 10.1 Å². The fourth-order valence-electron chi connectivity index (χ4n) is 3.90. The van der Waals surface area contributed by atoms with Crippen molar-refractivity contribution in [1.29, 1.82) is 0 Å². The van der Waals surface area contributed by atoms with Crippen molar-refractivity contribution in [1.82, 2.24) is 10.3 Å². The number of hydrogen-bond donors (Lipinski definition) is 1. The molecular formula is C16H20N2O3. The predicted molar refractivity (Wildman–Crippen MR) is 76.2 cm³/mol. The maximum absolute atomic E-state index is 12.2. The first-order chi connectivity index (χ1) is 10.2. The summed E-state index contributed by atoms with van der Waals surface area (Å²) >= 11 is 0. The number of carbonyl (C=O) groups is 2. The van der Waals surface area contributed by atoms with Crippen molar-refractivity contribution in [2.24, 2.45) is 17.8 Å². The summed E-state index contributed by atoms with van der Waals surface area (Å²) in [6.45, 7) is 0. The van der Waals surface area contributed by atoms with Crippen LogP contribution in [0.2, 0.25) is 0 Å². The van der Waals surface area contributed by atoms with Crippen molar-refractivity contribution < 1.29 is 14.3 Å². The van der Waals surface area contributed by atoms with E-state index in [1.807, 2.05) is 12.1 Å². The molecule has 1 aromatic heterocycles. The second kappa shape index (κ2) is 5.84. The first-order valence-electron chi connectivity index (χ1n) is 7.45. The van der Waals surface area contributed by atoms with E-state index in [1.54, 1.807) is 12.4 Å². The second-order valence-electron chi connectivity index (χ2n) is 6.01. The number of nitrogens with zero attached hydrogens (tertiary/aromatic N) is 1. The molecule has 0 aromatic carbocycles. The molecule has 1 amide bonds. The Morgan fingerprint density at radius 1 is 1.38 bits per heavy atom. The minimum atomic E-state index is -0.186. The largest absolute Gasteiger partial charge is 0.469 e. The Balaban J connectivity index is 1.65. The van der Waals surface area contributed by atoms with E-state index in [1.165, 1.54) is 7.11 Å². The summed E-state index contributed by atoms with van der Waals surface area (Å²) in [5, 5.41) is 3.06. The molecule has 112 valence electrons. The number of hydrogen-bond acceptors (Lipinski definition) is 4. The molecule has 4 atom stereocenters. The number of carbonyl (C=O) groups excluding carboxylic acids is 2. The van der Waals surface area contributed by atoms with Crippen LogP contribution < -0.4 is 5.32 Å². The van der Waals surface area contributed by atoms with Crippen LogP contribution in [0.3, 0.4) is 0 Å². The Morgan fingerprint density at radius 3 is 2.90 bits per heavy atom. The molecule has 2 fully saturated rings. The number of pyridine rings is 1. The van der Waals surface area contributed by atoms with Gasteiger partial charge in [0.2, 0.25) is 5.91 Å². The monoisotopic (exact) mass is 288 g/mol. The lowest BCUT2D eigenvalue weighted by Crippen LogP contribution is -2.47. The molecule has 0 saturated heterocycles. The smallest absolute Gasteiger partial charge is 0.311 e. The quantitative estimate of drug-likeness (QED) is 0.849. The van der Waals surface area contributed by atoms with E-state index >= 15 is 0 Å². The van der Waals surface area contributed by atoms with Crippen molar-refractivity contribution in [3.05, 3.63) is 30.1 Å². The maximum atomic E-state index is 12.2. The Hall–Kier alpha value is -1.91. The lowest BCUT2D eigenvalue weighted by Gasteiger charge is -2.29. The molecular weight excluding hydrogens is 268 g/mol. The topological polar surface area (TPSA) is 68.3 Å². The van der Waals surface area contributed by atoms with Gasteiger partial charge in [0.1, 0.15) is 0 Å². The highest BCUT2D eigenvalue weighted by Crippen LogP contribution is 2.48. The van der Waals surface area contributed by atoms with Gasteiger partial charge in [-0.1, -0.05) is 6.07 Å². The summed E-state index contributed by atoms with van der Waals surface area (Å²) in [5.41, 5.74) is 0.882. The highest BCUT2D eigenvalue weighted by Gasteiger charge is 2.51. The average molecular weight is 288 g/mol. The summed E-state index contributed by atoms with van der Waals surface area (Å²) in [6, 6.07) is 3.63. The molecule has 3 rings (SSSR count). The van der Waals surface area contributed by atoms with Crippen LogP contribution in [-0.2, 0) is 20.7 Å². The zero-order valence-corrected chi connectivity index (χ0v) is 12.1. The van der Waals surface area contributed by atoms with Gasteiger partial charge in [-0.05, 0) is 42.7 Å². The van der Waals surface area contributed by atoms with Crippen LogP contribution in [-0.4, -0.2) is 30.0 Å². The van der Waals surface area contributed by atoms with E-state index < -0.39 is 0 Å². The van der Waals surface area contributed by atoms with Crippen molar-refractivity contribution in [2.45, 2.75) is 31.7 Å². The molecule has 5 nitrogen and oxygen atoms in total. The first kappa shape index (κ1) is 14.0. The minimum absolute atomic E-state index is 0.0468. The molecule has 1 heterocycles. The standard InChI is InChI=1S/C16H20N2O3/c1-21-16(20)14-11-4-5-12(8-11)15(14)18-13(19)7-10-3-2-6-17-9-10/h2-3,6,9,11-12,14-15H,4-5,7-8H2,1H3,(H,18,19)/t11-,12-,14+,15-/m0/s1. The third kappa shape index (κ3) is 2.77.